The van der Waals surface area contributed by atoms with E-state index < -0.39 is 0 Å². The highest BCUT2D eigenvalue weighted by Crippen LogP contribution is 3.08. The van der Waals surface area contributed by atoms with Crippen molar-refractivity contribution >= 4 is 0 Å². The van der Waals surface area contributed by atoms with Crippen molar-refractivity contribution in [1.29, 1.82) is 0 Å². The molecule has 0 aliphatic heterocycles. The average molecular weight is 325 g/mol. The third kappa shape index (κ3) is 0.663. The van der Waals surface area contributed by atoms with E-state index in [0.717, 1.165) is 47.3 Å². The Morgan fingerprint density at radius 3 is 1.12 bits per heavy atom. The smallest absolute Gasteiger partial charge is 0.0167 e. The van der Waals surface area contributed by atoms with Crippen molar-refractivity contribution in [3.05, 3.63) is 0 Å². The summed E-state index contributed by atoms with van der Waals surface area (Å²) in [4.78, 5) is 0. The van der Waals surface area contributed by atoms with E-state index in [-0.39, 0.29) is 0 Å². The van der Waals surface area contributed by atoms with E-state index in [0.29, 0.717) is 32.5 Å². The molecule has 0 nitrogen and oxygen atoms in total. The summed E-state index contributed by atoms with van der Waals surface area (Å²) in [5.74, 6) is 8.57. The molecule has 7 saturated carbocycles. The summed E-state index contributed by atoms with van der Waals surface area (Å²) in [6, 6.07) is 0. The van der Waals surface area contributed by atoms with Crippen LogP contribution in [-0.4, -0.2) is 0 Å². The first-order chi connectivity index (χ1) is 11.0. The fraction of sp³-hybridized carbons (Fsp3) is 1.00. The Labute approximate surface area is 148 Å². The monoisotopic (exact) mass is 324 g/mol. The molecule has 0 bridgehead atoms. The minimum atomic E-state index is 0.643. The van der Waals surface area contributed by atoms with Gasteiger partial charge in [0.25, 0.3) is 0 Å². The summed E-state index contributed by atoms with van der Waals surface area (Å²) in [6.45, 7) is 21.6. The van der Waals surface area contributed by atoms with Crippen LogP contribution < -0.4 is 0 Å². The van der Waals surface area contributed by atoms with Crippen molar-refractivity contribution in [3.8, 4) is 0 Å². The Morgan fingerprint density at radius 2 is 0.833 bits per heavy atom. The van der Waals surface area contributed by atoms with Gasteiger partial charge >= 0.3 is 0 Å². The van der Waals surface area contributed by atoms with Gasteiger partial charge in [-0.1, -0.05) is 55.4 Å². The third-order valence-corrected chi connectivity index (χ3v) is 15.0. The van der Waals surface area contributed by atoms with Gasteiger partial charge < -0.3 is 0 Å². The summed E-state index contributed by atoms with van der Waals surface area (Å²) < 4.78 is 0. The van der Waals surface area contributed by atoms with Crippen molar-refractivity contribution in [2.45, 2.75) is 68.2 Å². The second-order valence-electron chi connectivity index (χ2n) is 13.0. The van der Waals surface area contributed by atoms with E-state index in [9.17, 15) is 0 Å². The number of fused-ring (bicyclic) bond motifs is 16. The van der Waals surface area contributed by atoms with Crippen LogP contribution >= 0.6 is 0 Å². The fourth-order valence-corrected chi connectivity index (χ4v) is 13.4. The summed E-state index contributed by atoms with van der Waals surface area (Å²) in [7, 11) is 0. The van der Waals surface area contributed by atoms with Crippen LogP contribution in [0.1, 0.15) is 68.2 Å². The van der Waals surface area contributed by atoms with Crippen molar-refractivity contribution < 1.29 is 0 Å². The molecule has 0 N–H and O–H groups in total. The van der Waals surface area contributed by atoms with E-state index in [2.05, 4.69) is 55.4 Å². The Morgan fingerprint density at radius 1 is 0.500 bits per heavy atom. The van der Waals surface area contributed by atoms with E-state index in [1.54, 1.807) is 12.8 Å². The Hall–Kier alpha value is 0. The summed E-state index contributed by atoms with van der Waals surface area (Å²) >= 11 is 0. The zero-order valence-electron chi connectivity index (χ0n) is 17.0. The molecule has 7 aliphatic rings. The molecule has 0 radical (unpaired) electrons. The zero-order chi connectivity index (χ0) is 17.0. The quantitative estimate of drug-likeness (QED) is 0.489. The van der Waals surface area contributed by atoms with Gasteiger partial charge in [-0.2, -0.15) is 0 Å². The maximum atomic E-state index is 2.78. The van der Waals surface area contributed by atoms with Crippen LogP contribution in [0.2, 0.25) is 0 Å². The summed E-state index contributed by atoms with van der Waals surface area (Å²) in [6.07, 6.45) is 3.10. The Balaban J connectivity index is 1.39. The van der Waals surface area contributed by atoms with Gasteiger partial charge in [-0.25, -0.2) is 0 Å². The molecule has 0 aromatic carbocycles. The Bertz CT molecular complexity index is 676. The molecule has 24 heavy (non-hydrogen) atoms. The lowest BCUT2D eigenvalue weighted by molar-refractivity contribution is -0.616. The van der Waals surface area contributed by atoms with Crippen molar-refractivity contribution in [3.63, 3.8) is 0 Å². The molecule has 0 aromatic rings. The lowest BCUT2D eigenvalue weighted by Crippen LogP contribution is -3.04. The van der Waals surface area contributed by atoms with Crippen molar-refractivity contribution in [2.75, 3.05) is 0 Å². The topological polar surface area (TPSA) is 0 Å². The van der Waals surface area contributed by atoms with Crippen LogP contribution in [0.3, 0.4) is 0 Å². The minimum Gasteiger partial charge on any atom is -0.0619 e. The van der Waals surface area contributed by atoms with Crippen LogP contribution in [0.25, 0.3) is 0 Å². The summed E-state index contributed by atoms with van der Waals surface area (Å²) in [5.41, 5.74) is 3.94. The van der Waals surface area contributed by atoms with Gasteiger partial charge in [-0.15, -0.1) is 0 Å². The molecule has 14 atom stereocenters. The van der Waals surface area contributed by atoms with Crippen LogP contribution in [0, 0.1) is 79.8 Å². The van der Waals surface area contributed by atoms with Gasteiger partial charge in [0.05, 0.1) is 0 Å². The van der Waals surface area contributed by atoms with E-state index in [4.69, 9.17) is 0 Å². The van der Waals surface area contributed by atoms with E-state index in [1.165, 1.54) is 0 Å². The average Bonchev–Trinajstić information content (AvgIpc) is 2.57. The van der Waals surface area contributed by atoms with Gasteiger partial charge in [0.2, 0.25) is 0 Å². The highest BCUT2D eigenvalue weighted by molar-refractivity contribution is 5.51. The van der Waals surface area contributed by atoms with Gasteiger partial charge in [0.1, 0.15) is 0 Å². The van der Waals surface area contributed by atoms with Gasteiger partial charge in [-0.3, -0.25) is 0 Å². The number of hydrogen-bond donors (Lipinski definition) is 0. The standard InChI is InChI=1S/C24H36/c1-11-9-13-15-17-18-16-14-10-12(2)20(14,4)22(16,6)24(18,8)23(17,7)21(15,5)19(11,13)3/h11-18H,9-10H2,1-8H3. The second-order valence-corrected chi connectivity index (χ2v) is 13.0. The van der Waals surface area contributed by atoms with Crippen molar-refractivity contribution in [1.82, 2.24) is 0 Å². The number of rotatable bonds is 0. The lowest BCUT2D eigenvalue weighted by atomic mass is 8.96. The molecule has 7 fully saturated rings. The maximum absolute atomic E-state index is 2.78. The van der Waals surface area contributed by atoms with Crippen molar-refractivity contribution in [2.24, 2.45) is 79.8 Å². The fourth-order valence-electron chi connectivity index (χ4n) is 13.4. The van der Waals surface area contributed by atoms with E-state index >= 15 is 0 Å². The Kier molecular flexibility index (Phi) is 1.70. The molecule has 0 heterocycles. The molecular formula is C24H36. The van der Waals surface area contributed by atoms with Gasteiger partial charge in [-0.05, 0) is 92.7 Å². The highest BCUT2D eigenvalue weighted by Gasteiger charge is 3.05. The van der Waals surface area contributed by atoms with Gasteiger partial charge in [0.15, 0.2) is 0 Å². The van der Waals surface area contributed by atoms with Gasteiger partial charge in [0, 0.05) is 0 Å². The molecular weight excluding hydrogens is 288 g/mol. The molecule has 0 heteroatoms. The van der Waals surface area contributed by atoms with Crippen LogP contribution in [0.5, 0.6) is 0 Å². The lowest BCUT2D eigenvalue weighted by Gasteiger charge is -3.08. The molecule has 7 aliphatic carbocycles. The molecule has 0 aromatic heterocycles. The second kappa shape index (κ2) is 2.90. The maximum Gasteiger partial charge on any atom is -0.0167 e. The molecule has 0 amide bonds. The number of hydrogen-bond acceptors (Lipinski definition) is 0. The first kappa shape index (κ1) is 14.1. The third-order valence-electron chi connectivity index (χ3n) is 15.0. The molecule has 0 spiro atoms. The first-order valence-corrected chi connectivity index (χ1v) is 11.0. The minimum absolute atomic E-state index is 0.643. The normalized spacial score (nSPS) is 87.0. The zero-order valence-corrected chi connectivity index (χ0v) is 17.0. The first-order valence-electron chi connectivity index (χ1n) is 11.0. The molecule has 7 rings (SSSR count). The SMILES string of the molecule is CC1CC2C3C4C5C6C7CC(C)C7(C)C6(C)C5(C)C4(C)C3(C)C12C. The predicted octanol–water partition coefficient (Wildman–Crippen LogP) is 5.87. The van der Waals surface area contributed by atoms with E-state index in [1.807, 2.05) is 0 Å². The van der Waals surface area contributed by atoms with Crippen LogP contribution in [0.4, 0.5) is 0 Å². The molecule has 14 unspecified atom stereocenters. The van der Waals surface area contributed by atoms with Crippen LogP contribution in [0.15, 0.2) is 0 Å². The summed E-state index contributed by atoms with van der Waals surface area (Å²) in [5, 5.41) is 0. The van der Waals surface area contributed by atoms with Crippen LogP contribution in [-0.2, 0) is 0 Å². The largest absolute Gasteiger partial charge is 0.0619 e. The highest BCUT2D eigenvalue weighted by atomic mass is 15.1. The molecule has 0 saturated heterocycles. The molecule has 132 valence electrons. The predicted molar refractivity (Wildman–Crippen MR) is 97.1 cm³/mol.